The number of Topliss-reactive ketones (excluding diaryl/α,β-unsaturated/α-hetero) is 1. The maximum absolute atomic E-state index is 14.8. The van der Waals surface area contributed by atoms with Crippen LogP contribution in [-0.2, 0) is 54.1 Å². The molecule has 4 N–H and O–H groups in total. The molecule has 3 aromatic rings. The van der Waals surface area contributed by atoms with Gasteiger partial charge in [0.1, 0.15) is 11.5 Å². The Morgan fingerprint density at radius 1 is 0.696 bits per heavy atom. The summed E-state index contributed by atoms with van der Waals surface area (Å²) in [5.74, 6) is 6.40. The van der Waals surface area contributed by atoms with Gasteiger partial charge in [-0.2, -0.15) is 5.10 Å². The molecule has 0 saturated heterocycles. The Hall–Kier alpha value is -5.13. The third-order valence-corrected chi connectivity index (χ3v) is 11.7. The number of hydrazine groups is 1. The number of methoxy groups -OCH3 is 3. The summed E-state index contributed by atoms with van der Waals surface area (Å²) in [6.07, 6.45) is 1.01. The zero-order valence-electron chi connectivity index (χ0n) is 39.9. The van der Waals surface area contributed by atoms with E-state index < -0.39 is 11.8 Å². The average molecular weight is 969 g/mol. The van der Waals surface area contributed by atoms with Gasteiger partial charge in [0, 0.05) is 41.9 Å². The van der Waals surface area contributed by atoms with Crippen molar-refractivity contribution in [2.24, 2.45) is 22.8 Å². The van der Waals surface area contributed by atoms with Gasteiger partial charge in [0.05, 0.1) is 151 Å². The van der Waals surface area contributed by atoms with Crippen LogP contribution in [0.2, 0.25) is 0 Å². The normalized spacial score (nSPS) is 16.8. The van der Waals surface area contributed by atoms with E-state index >= 15 is 0 Å². The molecular formula is C49H68N4O16. The molecule has 380 valence electrons. The SMILES string of the molecule is COc1ccc(N2C[C@@H]3C(=N2)c2cc4c(cc2[C@@H](c2cc(CO)c(OC)c(OC)c2)[C@H]3C(=O)CCCOCCOCCOCCOCCOCCOCCOCCOCCC(=O)NN)OCO4)cc1. The van der Waals surface area contributed by atoms with Crippen LogP contribution in [-0.4, -0.2) is 163 Å². The van der Waals surface area contributed by atoms with Crippen LogP contribution < -0.4 is 40.0 Å². The van der Waals surface area contributed by atoms with E-state index in [1.165, 1.54) is 7.11 Å². The first-order chi connectivity index (χ1) is 33.9. The highest BCUT2D eigenvalue weighted by atomic mass is 16.7. The predicted octanol–water partition coefficient (Wildman–Crippen LogP) is 3.40. The predicted molar refractivity (Wildman–Crippen MR) is 251 cm³/mol. The van der Waals surface area contributed by atoms with Gasteiger partial charge >= 0.3 is 0 Å². The number of hydrazone groups is 1. The Kier molecular flexibility index (Phi) is 22.5. The molecule has 20 heteroatoms. The van der Waals surface area contributed by atoms with Crippen molar-refractivity contribution < 1.29 is 76.3 Å². The fourth-order valence-corrected chi connectivity index (χ4v) is 8.39. The van der Waals surface area contributed by atoms with Gasteiger partial charge in [-0.3, -0.25) is 20.0 Å². The van der Waals surface area contributed by atoms with Gasteiger partial charge in [-0.1, -0.05) is 0 Å². The van der Waals surface area contributed by atoms with E-state index in [4.69, 9.17) is 72.5 Å². The van der Waals surface area contributed by atoms with Crippen molar-refractivity contribution in [1.29, 1.82) is 0 Å². The number of ketones is 1. The lowest BCUT2D eigenvalue weighted by Gasteiger charge is -2.38. The summed E-state index contributed by atoms with van der Waals surface area (Å²) in [6.45, 7) is 6.94. The van der Waals surface area contributed by atoms with Crippen LogP contribution in [0, 0.1) is 11.8 Å². The summed E-state index contributed by atoms with van der Waals surface area (Å²) in [5.41, 5.74) is 6.83. The first-order valence-corrected chi connectivity index (χ1v) is 23.3. The van der Waals surface area contributed by atoms with Crippen LogP contribution in [0.1, 0.15) is 47.4 Å². The Morgan fingerprint density at radius 2 is 1.25 bits per heavy atom. The van der Waals surface area contributed by atoms with Crippen molar-refractivity contribution in [2.45, 2.75) is 31.8 Å². The van der Waals surface area contributed by atoms with Crippen LogP contribution in [0.5, 0.6) is 28.7 Å². The van der Waals surface area contributed by atoms with E-state index in [0.717, 1.165) is 33.8 Å². The van der Waals surface area contributed by atoms with Crippen molar-refractivity contribution in [2.75, 3.05) is 145 Å². The molecule has 3 atom stereocenters. The monoisotopic (exact) mass is 968 g/mol. The molecule has 20 nitrogen and oxygen atoms in total. The number of aliphatic hydroxyl groups excluding tert-OH is 1. The number of hydrogen-bond donors (Lipinski definition) is 3. The molecule has 1 amide bonds. The van der Waals surface area contributed by atoms with Crippen LogP contribution >= 0.6 is 0 Å². The largest absolute Gasteiger partial charge is 0.497 e. The number of aliphatic hydroxyl groups is 1. The summed E-state index contributed by atoms with van der Waals surface area (Å²) in [4.78, 5) is 25.8. The second-order valence-corrected chi connectivity index (χ2v) is 16.0. The smallest absolute Gasteiger partial charge is 0.236 e. The summed E-state index contributed by atoms with van der Waals surface area (Å²) in [6, 6.07) is 15.4. The first-order valence-electron chi connectivity index (χ1n) is 23.3. The van der Waals surface area contributed by atoms with E-state index in [1.54, 1.807) is 14.2 Å². The number of nitrogens with zero attached hydrogens (tertiary/aromatic N) is 2. The topological polar surface area (TPSA) is 228 Å². The molecule has 1 aliphatic carbocycles. The van der Waals surface area contributed by atoms with Gasteiger partial charge in [0.2, 0.25) is 12.7 Å². The zero-order chi connectivity index (χ0) is 48.6. The molecule has 3 aliphatic rings. The average Bonchev–Trinajstić information content (AvgIpc) is 4.04. The fraction of sp³-hybridized carbons (Fsp3) is 0.571. The van der Waals surface area contributed by atoms with Crippen molar-refractivity contribution >= 4 is 23.1 Å². The molecule has 2 aliphatic heterocycles. The number of fused-ring (bicyclic) bond motifs is 4. The third-order valence-electron chi connectivity index (χ3n) is 11.7. The molecule has 0 spiro atoms. The number of amides is 1. The van der Waals surface area contributed by atoms with Gasteiger partial charge < -0.3 is 66.7 Å². The fourth-order valence-electron chi connectivity index (χ4n) is 8.39. The van der Waals surface area contributed by atoms with Crippen molar-refractivity contribution in [3.8, 4) is 28.7 Å². The van der Waals surface area contributed by atoms with Crippen molar-refractivity contribution in [3.05, 3.63) is 70.8 Å². The third kappa shape index (κ3) is 15.4. The molecule has 69 heavy (non-hydrogen) atoms. The number of ether oxygens (including phenoxy) is 13. The Balaban J connectivity index is 0.901. The number of carbonyl (C=O) groups excluding carboxylic acids is 2. The molecule has 0 radical (unpaired) electrons. The Bertz CT molecular complexity index is 2050. The molecule has 6 rings (SSSR count). The Morgan fingerprint density at radius 3 is 1.77 bits per heavy atom. The minimum absolute atomic E-state index is 0.0727. The second-order valence-electron chi connectivity index (χ2n) is 16.0. The molecule has 0 aromatic heterocycles. The van der Waals surface area contributed by atoms with Gasteiger partial charge in [-0.15, -0.1) is 0 Å². The summed E-state index contributed by atoms with van der Waals surface area (Å²) >= 11 is 0. The molecule has 0 bridgehead atoms. The summed E-state index contributed by atoms with van der Waals surface area (Å²) in [7, 11) is 4.72. The molecule has 2 heterocycles. The standard InChI is InChI=1S/C49H68N4O16/c1-57-37-8-6-36(7-9-37)53-31-40-47(46(34-27-35(32-54)49(59-3)44(28-34)58-2)38-29-42-43(69-33-68-42)30-39(38)48(40)52-53)41(55)5-4-11-60-13-15-62-17-19-64-21-23-66-25-26-67-24-22-65-20-18-63-16-14-61-12-10-45(56)51-50/h6-9,27-30,40,46-47,54H,4-5,10-26,31-33,50H2,1-3H3,(H,51,56)/t40-,46+,47+/m0/s1. The van der Waals surface area contributed by atoms with E-state index in [9.17, 15) is 14.7 Å². The molecular weight excluding hydrogens is 901 g/mol. The van der Waals surface area contributed by atoms with E-state index in [0.29, 0.717) is 147 Å². The van der Waals surface area contributed by atoms with E-state index in [2.05, 4.69) is 0 Å². The van der Waals surface area contributed by atoms with E-state index in [-0.39, 0.29) is 43.8 Å². The van der Waals surface area contributed by atoms with Gasteiger partial charge in [-0.25, -0.2) is 5.84 Å². The van der Waals surface area contributed by atoms with Crippen LogP contribution in [0.15, 0.2) is 53.6 Å². The minimum Gasteiger partial charge on any atom is -0.497 e. The number of rotatable bonds is 35. The highest BCUT2D eigenvalue weighted by molar-refractivity contribution is 6.10. The second kappa shape index (κ2) is 29.1. The highest BCUT2D eigenvalue weighted by Gasteiger charge is 2.49. The van der Waals surface area contributed by atoms with Crippen molar-refractivity contribution in [3.63, 3.8) is 0 Å². The summed E-state index contributed by atoms with van der Waals surface area (Å²) in [5, 5.41) is 17.6. The quantitative estimate of drug-likeness (QED) is 0.0332. The maximum atomic E-state index is 14.8. The lowest BCUT2D eigenvalue weighted by Crippen LogP contribution is -2.41. The van der Waals surface area contributed by atoms with Gasteiger partial charge in [0.15, 0.2) is 23.0 Å². The molecule has 0 saturated carbocycles. The lowest BCUT2D eigenvalue weighted by molar-refractivity contribution is -0.124. The lowest BCUT2D eigenvalue weighted by atomic mass is 9.63. The van der Waals surface area contributed by atoms with Crippen LogP contribution in [0.4, 0.5) is 5.69 Å². The Labute approximate surface area is 403 Å². The number of carbonyl (C=O) groups is 2. The molecule has 0 fully saturated rings. The van der Waals surface area contributed by atoms with E-state index in [1.807, 2.05) is 59.0 Å². The summed E-state index contributed by atoms with van der Waals surface area (Å²) < 4.78 is 72.9. The molecule has 3 aromatic carbocycles. The van der Waals surface area contributed by atoms with Crippen molar-refractivity contribution in [1.82, 2.24) is 5.43 Å². The van der Waals surface area contributed by atoms with Gasteiger partial charge in [0.25, 0.3) is 0 Å². The highest BCUT2D eigenvalue weighted by Crippen LogP contribution is 2.52. The first kappa shape index (κ1) is 53.2. The van der Waals surface area contributed by atoms with Crippen LogP contribution in [0.3, 0.4) is 0 Å². The maximum Gasteiger partial charge on any atom is 0.236 e. The minimum atomic E-state index is -0.529. The number of anilines is 1. The number of benzene rings is 3. The number of hydrogen-bond acceptors (Lipinski definition) is 19. The van der Waals surface area contributed by atoms with Gasteiger partial charge in [-0.05, 0) is 66.1 Å². The zero-order valence-corrected chi connectivity index (χ0v) is 39.9. The number of nitrogens with two attached hydrogens (primary N) is 1. The van der Waals surface area contributed by atoms with Crippen LogP contribution in [0.25, 0.3) is 0 Å². The number of nitrogens with one attached hydrogen (secondary N) is 1. The molecule has 0 unspecified atom stereocenters.